The molecule has 1 N–H and O–H groups in total. The van der Waals surface area contributed by atoms with Crippen LogP contribution in [0.4, 0.5) is 18.0 Å². The molecule has 12 heteroatoms. The maximum atomic E-state index is 13.1. The Hall–Kier alpha value is -3.57. The van der Waals surface area contributed by atoms with Crippen LogP contribution >= 0.6 is 11.6 Å². The summed E-state index contributed by atoms with van der Waals surface area (Å²) in [4.78, 5) is 43.9. The molecule has 4 rings (SSSR count). The SMILES string of the molecule is CCOC(=O)C1=C(CN2CCN(C(=O)c3ccc(C(F)(F)F)cc3)CC2)N(C)C(=O)NC1c1ccccc1Cl. The lowest BCUT2D eigenvalue weighted by Gasteiger charge is -2.39. The summed E-state index contributed by atoms with van der Waals surface area (Å²) in [6, 6.07) is 9.87. The van der Waals surface area contributed by atoms with Gasteiger partial charge >= 0.3 is 18.2 Å². The Bertz CT molecular complexity index is 1270. The summed E-state index contributed by atoms with van der Waals surface area (Å²) in [7, 11) is 1.57. The van der Waals surface area contributed by atoms with Crippen molar-refractivity contribution < 1.29 is 32.3 Å². The number of alkyl halides is 3. The minimum Gasteiger partial charge on any atom is -0.463 e. The predicted molar refractivity (Wildman–Crippen MR) is 138 cm³/mol. The molecule has 1 fully saturated rings. The fourth-order valence-electron chi connectivity index (χ4n) is 4.65. The molecule has 1 unspecified atom stereocenters. The predicted octanol–water partition coefficient (Wildman–Crippen LogP) is 4.33. The van der Waals surface area contributed by atoms with Crippen molar-refractivity contribution in [1.82, 2.24) is 20.0 Å². The van der Waals surface area contributed by atoms with Crippen molar-refractivity contribution in [2.75, 3.05) is 46.4 Å². The number of benzene rings is 2. The zero-order chi connectivity index (χ0) is 28.3. The van der Waals surface area contributed by atoms with Crippen molar-refractivity contribution in [1.29, 1.82) is 0 Å². The molecule has 1 saturated heterocycles. The first kappa shape index (κ1) is 28.4. The van der Waals surface area contributed by atoms with Crippen LogP contribution in [-0.2, 0) is 15.7 Å². The number of nitrogens with zero attached hydrogens (tertiary/aromatic N) is 3. The number of urea groups is 1. The van der Waals surface area contributed by atoms with Crippen LogP contribution in [0.25, 0.3) is 0 Å². The van der Waals surface area contributed by atoms with Crippen molar-refractivity contribution in [3.63, 3.8) is 0 Å². The molecule has 0 aromatic heterocycles. The molecule has 208 valence electrons. The highest BCUT2D eigenvalue weighted by Crippen LogP contribution is 2.35. The molecule has 2 aromatic rings. The van der Waals surface area contributed by atoms with Crippen molar-refractivity contribution >= 4 is 29.5 Å². The minimum atomic E-state index is -4.47. The lowest BCUT2D eigenvalue weighted by molar-refractivity contribution is -0.139. The maximum Gasteiger partial charge on any atom is 0.416 e. The van der Waals surface area contributed by atoms with Gasteiger partial charge in [-0.1, -0.05) is 29.8 Å². The second-order valence-electron chi connectivity index (χ2n) is 9.19. The van der Waals surface area contributed by atoms with Crippen molar-refractivity contribution in [2.24, 2.45) is 0 Å². The number of likely N-dealkylation sites (N-methyl/N-ethyl adjacent to an activating group) is 1. The molecular weight excluding hydrogens is 537 g/mol. The summed E-state index contributed by atoms with van der Waals surface area (Å²) >= 11 is 6.41. The average molecular weight is 565 g/mol. The summed E-state index contributed by atoms with van der Waals surface area (Å²) in [6.45, 7) is 3.59. The Morgan fingerprint density at radius 1 is 1.05 bits per heavy atom. The minimum absolute atomic E-state index is 0.146. The van der Waals surface area contributed by atoms with Gasteiger partial charge in [0, 0.05) is 56.1 Å². The number of nitrogens with one attached hydrogen (secondary N) is 1. The second kappa shape index (κ2) is 11.7. The third-order valence-corrected chi connectivity index (χ3v) is 7.12. The maximum absolute atomic E-state index is 13.1. The quantitative estimate of drug-likeness (QED) is 0.528. The molecule has 0 spiro atoms. The molecule has 3 amide bonds. The van der Waals surface area contributed by atoms with Gasteiger partial charge in [-0.2, -0.15) is 13.2 Å². The zero-order valence-corrected chi connectivity index (χ0v) is 22.2. The fourth-order valence-corrected chi connectivity index (χ4v) is 4.89. The monoisotopic (exact) mass is 564 g/mol. The van der Waals surface area contributed by atoms with E-state index in [4.69, 9.17) is 16.3 Å². The van der Waals surface area contributed by atoms with Crippen LogP contribution in [0.15, 0.2) is 59.8 Å². The highest BCUT2D eigenvalue weighted by molar-refractivity contribution is 6.31. The summed E-state index contributed by atoms with van der Waals surface area (Å²) in [5, 5.41) is 3.23. The van der Waals surface area contributed by atoms with Crippen LogP contribution in [-0.4, -0.2) is 79.0 Å². The molecule has 2 aliphatic heterocycles. The topological polar surface area (TPSA) is 82.2 Å². The van der Waals surface area contributed by atoms with Gasteiger partial charge in [-0.05, 0) is 42.8 Å². The van der Waals surface area contributed by atoms with Crippen LogP contribution in [0, 0.1) is 0 Å². The van der Waals surface area contributed by atoms with Gasteiger partial charge in [-0.3, -0.25) is 14.6 Å². The number of rotatable bonds is 6. The van der Waals surface area contributed by atoms with Gasteiger partial charge in [0.1, 0.15) is 0 Å². The lowest BCUT2D eigenvalue weighted by atomic mass is 9.94. The number of carbonyl (C=O) groups excluding carboxylic acids is 3. The van der Waals surface area contributed by atoms with Gasteiger partial charge in [-0.15, -0.1) is 0 Å². The number of ether oxygens (including phenoxy) is 1. The van der Waals surface area contributed by atoms with Crippen molar-refractivity contribution in [2.45, 2.75) is 19.1 Å². The molecular formula is C27H28ClF3N4O4. The average Bonchev–Trinajstić information content (AvgIpc) is 2.91. The number of esters is 1. The van der Waals surface area contributed by atoms with E-state index in [9.17, 15) is 27.6 Å². The standard InChI is InChI=1S/C27H28ClF3N4O4/c1-3-39-25(37)22-21(33(2)26(38)32-23(22)19-6-4-5-7-20(19)28)16-34-12-14-35(15-13-34)24(36)17-8-10-18(11-9-17)27(29,30)31/h4-11,23H,3,12-16H2,1-2H3,(H,32,38). The third-order valence-electron chi connectivity index (χ3n) is 6.78. The molecule has 2 aromatic carbocycles. The van der Waals surface area contributed by atoms with E-state index in [1.165, 1.54) is 17.0 Å². The van der Waals surface area contributed by atoms with Gasteiger partial charge in [0.15, 0.2) is 0 Å². The van der Waals surface area contributed by atoms with E-state index in [0.717, 1.165) is 12.1 Å². The van der Waals surface area contributed by atoms with Gasteiger partial charge in [0.05, 0.1) is 23.8 Å². The summed E-state index contributed by atoms with van der Waals surface area (Å²) in [5.41, 5.74) is 0.661. The van der Waals surface area contributed by atoms with E-state index in [1.807, 2.05) is 4.90 Å². The molecule has 0 radical (unpaired) electrons. The van der Waals surface area contributed by atoms with Crippen molar-refractivity contribution in [3.8, 4) is 0 Å². The molecule has 0 bridgehead atoms. The summed E-state index contributed by atoms with van der Waals surface area (Å²) in [6.07, 6.45) is -4.47. The molecule has 2 aliphatic rings. The lowest BCUT2D eigenvalue weighted by Crippen LogP contribution is -2.53. The number of piperazine rings is 1. The normalized spacial score (nSPS) is 18.7. The molecule has 2 heterocycles. The Labute approximate surface area is 228 Å². The Balaban J connectivity index is 1.53. The first-order chi connectivity index (χ1) is 18.5. The largest absolute Gasteiger partial charge is 0.463 e. The Kier molecular flexibility index (Phi) is 8.51. The van der Waals surface area contributed by atoms with Crippen LogP contribution in [0.2, 0.25) is 5.02 Å². The molecule has 8 nitrogen and oxygen atoms in total. The number of carbonyl (C=O) groups is 3. The number of amides is 3. The Morgan fingerprint density at radius 2 is 1.69 bits per heavy atom. The molecule has 0 saturated carbocycles. The first-order valence-electron chi connectivity index (χ1n) is 12.4. The molecule has 1 atom stereocenters. The van der Waals surface area contributed by atoms with Crippen LogP contribution < -0.4 is 5.32 Å². The smallest absolute Gasteiger partial charge is 0.416 e. The van der Waals surface area contributed by atoms with E-state index >= 15 is 0 Å². The zero-order valence-electron chi connectivity index (χ0n) is 21.4. The number of hydrogen-bond donors (Lipinski definition) is 1. The summed E-state index contributed by atoms with van der Waals surface area (Å²) < 4.78 is 43.9. The highest BCUT2D eigenvalue weighted by atomic mass is 35.5. The summed E-state index contributed by atoms with van der Waals surface area (Å²) in [5.74, 6) is -0.928. The first-order valence-corrected chi connectivity index (χ1v) is 12.8. The highest BCUT2D eigenvalue weighted by Gasteiger charge is 2.38. The van der Waals surface area contributed by atoms with Gasteiger partial charge in [0.25, 0.3) is 5.91 Å². The van der Waals surface area contributed by atoms with E-state index in [1.54, 1.807) is 43.1 Å². The van der Waals surface area contributed by atoms with Crippen LogP contribution in [0.3, 0.4) is 0 Å². The van der Waals surface area contributed by atoms with E-state index < -0.39 is 29.8 Å². The van der Waals surface area contributed by atoms with Crippen LogP contribution in [0.5, 0.6) is 0 Å². The molecule has 0 aliphatic carbocycles. The number of halogens is 4. The van der Waals surface area contributed by atoms with Crippen LogP contribution in [0.1, 0.15) is 34.5 Å². The second-order valence-corrected chi connectivity index (χ2v) is 9.59. The van der Waals surface area contributed by atoms with Gasteiger partial charge in [-0.25, -0.2) is 9.59 Å². The van der Waals surface area contributed by atoms with Gasteiger partial charge in [0.2, 0.25) is 0 Å². The number of hydrogen-bond acceptors (Lipinski definition) is 5. The third kappa shape index (κ3) is 6.20. The van der Waals surface area contributed by atoms with E-state index in [0.29, 0.717) is 42.5 Å². The Morgan fingerprint density at radius 3 is 2.28 bits per heavy atom. The van der Waals surface area contributed by atoms with E-state index in [-0.39, 0.29) is 30.2 Å². The fraction of sp³-hybridized carbons (Fsp3) is 0.370. The molecule has 39 heavy (non-hydrogen) atoms. The van der Waals surface area contributed by atoms with E-state index in [2.05, 4.69) is 5.32 Å². The van der Waals surface area contributed by atoms with Gasteiger partial charge < -0.3 is 15.0 Å². The van der Waals surface area contributed by atoms with Crippen molar-refractivity contribution in [3.05, 3.63) is 81.5 Å².